The van der Waals surface area contributed by atoms with Crippen molar-refractivity contribution in [3.05, 3.63) is 29.8 Å². The summed E-state index contributed by atoms with van der Waals surface area (Å²) in [6.07, 6.45) is 1.68. The van der Waals surface area contributed by atoms with Gasteiger partial charge in [0.05, 0.1) is 10.5 Å². The van der Waals surface area contributed by atoms with Gasteiger partial charge in [-0.2, -0.15) is 5.10 Å². The number of rotatable bonds is 6. The number of nitrogens with two attached hydrogens (primary N) is 1. The molecule has 6 nitrogen and oxygen atoms in total. The van der Waals surface area contributed by atoms with E-state index in [1.807, 2.05) is 6.92 Å². The molecular formula is C15H21FN4O2S. The highest BCUT2D eigenvalue weighted by Gasteiger charge is 2.19. The summed E-state index contributed by atoms with van der Waals surface area (Å²) < 4.78 is 38.7. The monoisotopic (exact) mass is 340 g/mol. The van der Waals surface area contributed by atoms with Crippen molar-refractivity contribution in [2.24, 2.45) is 11.1 Å². The van der Waals surface area contributed by atoms with Gasteiger partial charge in [0, 0.05) is 13.0 Å². The molecule has 2 rings (SSSR count). The van der Waals surface area contributed by atoms with Gasteiger partial charge in [-0.15, -0.1) is 0 Å². The number of hydrogen-bond acceptors (Lipinski definition) is 4. The number of nitrogens with zero attached hydrogens (tertiary/aromatic N) is 3. The third kappa shape index (κ3) is 3.94. The highest BCUT2D eigenvalue weighted by molar-refractivity contribution is 7.89. The molecule has 0 radical (unpaired) electrons. The highest BCUT2D eigenvalue weighted by Crippen LogP contribution is 2.25. The van der Waals surface area contributed by atoms with Crippen molar-refractivity contribution < 1.29 is 12.8 Å². The topological polar surface area (TPSA) is 90.9 Å². The lowest BCUT2D eigenvalue weighted by Gasteiger charge is -2.06. The van der Waals surface area contributed by atoms with E-state index in [9.17, 15) is 12.8 Å². The molecule has 1 unspecified atom stereocenters. The van der Waals surface area contributed by atoms with Gasteiger partial charge in [-0.05, 0) is 31.0 Å². The van der Waals surface area contributed by atoms with Gasteiger partial charge >= 0.3 is 0 Å². The molecule has 0 aliphatic heterocycles. The van der Waals surface area contributed by atoms with Crippen LogP contribution in [0.4, 0.5) is 4.39 Å². The molecule has 0 aliphatic carbocycles. The third-order valence-electron chi connectivity index (χ3n) is 3.75. The van der Waals surface area contributed by atoms with Gasteiger partial charge in [-0.3, -0.25) is 0 Å². The Balaban J connectivity index is 2.53. The van der Waals surface area contributed by atoms with Crippen LogP contribution in [0.5, 0.6) is 0 Å². The van der Waals surface area contributed by atoms with Gasteiger partial charge in [0.25, 0.3) is 0 Å². The zero-order chi connectivity index (χ0) is 17.2. The minimum Gasteiger partial charge on any atom is -0.246 e. The van der Waals surface area contributed by atoms with Crippen molar-refractivity contribution in [1.82, 2.24) is 14.8 Å². The Hall–Kier alpha value is -1.80. The van der Waals surface area contributed by atoms with Crippen molar-refractivity contribution in [2.45, 2.75) is 45.1 Å². The van der Waals surface area contributed by atoms with Crippen LogP contribution in [0.15, 0.2) is 23.1 Å². The Morgan fingerprint density at radius 2 is 2.04 bits per heavy atom. The van der Waals surface area contributed by atoms with Crippen LogP contribution in [0.25, 0.3) is 11.4 Å². The molecule has 2 aromatic rings. The van der Waals surface area contributed by atoms with Gasteiger partial charge < -0.3 is 0 Å². The molecular weight excluding hydrogens is 319 g/mol. The van der Waals surface area contributed by atoms with Gasteiger partial charge in [0.1, 0.15) is 5.82 Å². The maximum atomic E-state index is 14.2. The van der Waals surface area contributed by atoms with Crippen LogP contribution in [-0.4, -0.2) is 23.2 Å². The molecule has 0 spiro atoms. The van der Waals surface area contributed by atoms with Crippen LogP contribution in [-0.2, 0) is 23.0 Å². The Labute approximate surface area is 135 Å². The van der Waals surface area contributed by atoms with Crippen LogP contribution >= 0.6 is 0 Å². The first-order chi connectivity index (χ1) is 10.8. The molecule has 0 amide bonds. The first kappa shape index (κ1) is 17.6. The second-order valence-corrected chi connectivity index (χ2v) is 7.13. The van der Waals surface area contributed by atoms with Crippen molar-refractivity contribution in [3.8, 4) is 11.4 Å². The van der Waals surface area contributed by atoms with Crippen LogP contribution in [0.2, 0.25) is 0 Å². The molecule has 1 atom stereocenters. The number of hydrogen-bond donors (Lipinski definition) is 1. The number of halogens is 1. The third-order valence-corrected chi connectivity index (χ3v) is 4.66. The molecule has 1 heterocycles. The SMILES string of the molecule is CCC(C)Cc1nc(-c2cc(S(N)(=O)=O)ccc2F)n(CC)n1. The molecule has 23 heavy (non-hydrogen) atoms. The van der Waals surface area contributed by atoms with Crippen LogP contribution in [0.3, 0.4) is 0 Å². The van der Waals surface area contributed by atoms with Crippen LogP contribution < -0.4 is 5.14 Å². The quantitative estimate of drug-likeness (QED) is 0.874. The number of aryl methyl sites for hydroxylation is 1. The normalized spacial score (nSPS) is 13.3. The lowest BCUT2D eigenvalue weighted by molar-refractivity contribution is 0.536. The van der Waals surface area contributed by atoms with Gasteiger partial charge in [0.2, 0.25) is 10.0 Å². The van der Waals surface area contributed by atoms with Crippen molar-refractivity contribution >= 4 is 10.0 Å². The fourth-order valence-electron chi connectivity index (χ4n) is 2.20. The number of benzene rings is 1. The van der Waals surface area contributed by atoms with Gasteiger partial charge in [-0.25, -0.2) is 27.6 Å². The van der Waals surface area contributed by atoms with Crippen molar-refractivity contribution in [2.75, 3.05) is 0 Å². The van der Waals surface area contributed by atoms with E-state index in [4.69, 9.17) is 5.14 Å². The molecule has 2 N–H and O–H groups in total. The minimum atomic E-state index is -3.91. The second kappa shape index (κ2) is 6.76. The first-order valence-electron chi connectivity index (χ1n) is 7.52. The van der Waals surface area contributed by atoms with E-state index < -0.39 is 15.8 Å². The number of sulfonamides is 1. The maximum absolute atomic E-state index is 14.2. The van der Waals surface area contributed by atoms with Crippen molar-refractivity contribution in [3.63, 3.8) is 0 Å². The largest absolute Gasteiger partial charge is 0.246 e. The summed E-state index contributed by atoms with van der Waals surface area (Å²) in [5.74, 6) is 0.788. The summed E-state index contributed by atoms with van der Waals surface area (Å²) in [6, 6.07) is 3.42. The van der Waals surface area contributed by atoms with E-state index in [1.165, 1.54) is 6.07 Å². The maximum Gasteiger partial charge on any atom is 0.238 e. The lowest BCUT2D eigenvalue weighted by Crippen LogP contribution is -2.12. The van der Waals surface area contributed by atoms with Gasteiger partial charge in [0.15, 0.2) is 11.6 Å². The minimum absolute atomic E-state index is 0.0845. The summed E-state index contributed by atoms with van der Waals surface area (Å²) in [4.78, 5) is 4.25. The Bertz CT molecular complexity index is 802. The number of primary sulfonamides is 1. The predicted octanol–water partition coefficient (Wildman–Crippen LogP) is 2.34. The average molecular weight is 340 g/mol. The van der Waals surface area contributed by atoms with E-state index in [0.717, 1.165) is 18.6 Å². The summed E-state index contributed by atoms with van der Waals surface area (Å²) in [7, 11) is -3.91. The molecule has 0 bridgehead atoms. The Kier molecular flexibility index (Phi) is 5.16. The first-order valence-corrected chi connectivity index (χ1v) is 9.07. The van der Waals surface area contributed by atoms with Gasteiger partial charge in [-0.1, -0.05) is 20.3 Å². The van der Waals surface area contributed by atoms with Crippen LogP contribution in [0, 0.1) is 11.7 Å². The van der Waals surface area contributed by atoms with Crippen molar-refractivity contribution in [1.29, 1.82) is 0 Å². The molecule has 0 aliphatic rings. The van der Waals surface area contributed by atoms with E-state index in [-0.39, 0.29) is 10.5 Å². The summed E-state index contributed by atoms with van der Waals surface area (Å²) in [5.41, 5.74) is 0.0845. The number of aromatic nitrogens is 3. The summed E-state index contributed by atoms with van der Waals surface area (Å²) in [5, 5.41) is 9.50. The fraction of sp³-hybridized carbons (Fsp3) is 0.467. The Morgan fingerprint density at radius 1 is 1.35 bits per heavy atom. The zero-order valence-corrected chi connectivity index (χ0v) is 14.3. The summed E-state index contributed by atoms with van der Waals surface area (Å²) in [6.45, 7) is 6.54. The molecule has 126 valence electrons. The molecule has 1 aromatic heterocycles. The average Bonchev–Trinajstić information content (AvgIpc) is 2.89. The molecule has 0 saturated carbocycles. The van der Waals surface area contributed by atoms with E-state index >= 15 is 0 Å². The van der Waals surface area contributed by atoms with E-state index in [1.54, 1.807) is 4.68 Å². The predicted molar refractivity (Wildman–Crippen MR) is 85.6 cm³/mol. The second-order valence-electron chi connectivity index (χ2n) is 5.57. The van der Waals surface area contributed by atoms with E-state index in [0.29, 0.717) is 30.5 Å². The molecule has 1 aromatic carbocycles. The fourth-order valence-corrected chi connectivity index (χ4v) is 2.74. The van der Waals surface area contributed by atoms with E-state index in [2.05, 4.69) is 23.9 Å². The smallest absolute Gasteiger partial charge is 0.238 e. The zero-order valence-electron chi connectivity index (χ0n) is 13.5. The molecule has 8 heteroatoms. The molecule has 0 saturated heterocycles. The highest BCUT2D eigenvalue weighted by atomic mass is 32.2. The standard InChI is InChI=1S/C15H21FN4O2S/c1-4-10(3)8-14-18-15(20(5-2)19-14)12-9-11(23(17,21)22)6-7-13(12)16/h6-7,9-10H,4-5,8H2,1-3H3,(H2,17,21,22). The summed E-state index contributed by atoms with van der Waals surface area (Å²) >= 11 is 0. The van der Waals surface area contributed by atoms with Crippen LogP contribution in [0.1, 0.15) is 33.0 Å². The molecule has 0 fully saturated rings. The lowest BCUT2D eigenvalue weighted by atomic mass is 10.1. The Morgan fingerprint density at radius 3 is 2.61 bits per heavy atom.